The Kier molecular flexibility index (Phi) is 12.9. The number of carbonyl (C=O) groups excluding carboxylic acids is 1. The number of anilines is 1. The number of likely N-dealkylation sites (N-methyl/N-ethyl adjacent to an activating group) is 1. The number of nitrogens with zero attached hydrogens (tertiary/aromatic N) is 10. The molecule has 17 nitrogen and oxygen atoms in total. The highest BCUT2D eigenvalue weighted by atomic mass is 19.1. The van der Waals surface area contributed by atoms with E-state index in [0.29, 0.717) is 70.7 Å². The number of rotatable bonds is 13. The van der Waals surface area contributed by atoms with Crippen molar-refractivity contribution in [3.05, 3.63) is 102 Å². The van der Waals surface area contributed by atoms with Crippen molar-refractivity contribution in [1.82, 2.24) is 55.0 Å². The van der Waals surface area contributed by atoms with E-state index in [-0.39, 0.29) is 58.2 Å². The van der Waals surface area contributed by atoms with Crippen LogP contribution in [0.15, 0.2) is 79.0 Å². The van der Waals surface area contributed by atoms with Gasteiger partial charge in [0.15, 0.2) is 11.6 Å². The van der Waals surface area contributed by atoms with Gasteiger partial charge in [0, 0.05) is 107 Å². The summed E-state index contributed by atoms with van der Waals surface area (Å²) in [7, 11) is 2.13. The van der Waals surface area contributed by atoms with Gasteiger partial charge in [-0.1, -0.05) is 50.2 Å². The molecule has 0 saturated carbocycles. The molecule has 4 saturated heterocycles. The van der Waals surface area contributed by atoms with Gasteiger partial charge in [0.1, 0.15) is 40.9 Å². The molecule has 4 atom stereocenters. The van der Waals surface area contributed by atoms with E-state index < -0.39 is 5.82 Å². The molecule has 5 N–H and O–H groups in total. The highest BCUT2D eigenvalue weighted by Gasteiger charge is 2.37. The SMILES string of the molecule is CCNC(=O)c1nnc(-c2cc(C(C)C)c(O)cc2O)n1-c1ccc(CN2CCN([C@H]3C[C@@H](COc4nc(N5CC6CCC(C5)N6)c5cnc(-c6cc(O)cc7ccccc67)c(F)c5n4)N(C)C3)CC2)cc1. The molecule has 2 bridgehead atoms. The van der Waals surface area contributed by atoms with Crippen molar-refractivity contribution in [2.45, 2.75) is 76.7 Å². The molecule has 4 fully saturated rings. The first-order chi connectivity index (χ1) is 34.9. The van der Waals surface area contributed by atoms with Crippen LogP contribution in [0.25, 0.3) is 50.0 Å². The van der Waals surface area contributed by atoms with Gasteiger partial charge in [-0.3, -0.25) is 29.0 Å². The maximum Gasteiger partial charge on any atom is 0.319 e. The number of aromatic nitrogens is 6. The number of benzene rings is 4. The summed E-state index contributed by atoms with van der Waals surface area (Å²) in [5, 5.41) is 49.3. The minimum absolute atomic E-state index is 0.00870. The summed E-state index contributed by atoms with van der Waals surface area (Å²) in [6.07, 6.45) is 4.75. The smallest absolute Gasteiger partial charge is 0.319 e. The minimum atomic E-state index is -0.578. The summed E-state index contributed by atoms with van der Waals surface area (Å²) in [6, 6.07) is 23.0. The van der Waals surface area contributed by atoms with E-state index in [9.17, 15) is 20.1 Å². The molecule has 1 amide bonds. The Morgan fingerprint density at radius 3 is 2.40 bits per heavy atom. The summed E-state index contributed by atoms with van der Waals surface area (Å²) in [6.45, 7) is 13.3. The van der Waals surface area contributed by atoms with E-state index in [1.807, 2.05) is 57.2 Å². The number of phenolic OH excluding ortho intramolecular Hbond substituents is 3. The van der Waals surface area contributed by atoms with Gasteiger partial charge in [0.25, 0.3) is 5.91 Å². The number of hydrogen-bond acceptors (Lipinski definition) is 15. The number of pyridine rings is 1. The van der Waals surface area contributed by atoms with Crippen molar-refractivity contribution in [3.63, 3.8) is 0 Å². The number of fused-ring (bicyclic) bond motifs is 4. The average molecular weight is 977 g/mol. The lowest BCUT2D eigenvalue weighted by molar-refractivity contribution is 0.0943. The Bertz CT molecular complexity index is 3150. The lowest BCUT2D eigenvalue weighted by Crippen LogP contribution is -2.51. The molecule has 3 aromatic heterocycles. The van der Waals surface area contributed by atoms with Gasteiger partial charge in [-0.25, -0.2) is 4.39 Å². The van der Waals surface area contributed by atoms with Gasteiger partial charge in [0.2, 0.25) is 5.82 Å². The number of ether oxygens (including phenoxy) is 1. The third-order valence-corrected chi connectivity index (χ3v) is 15.1. The van der Waals surface area contributed by atoms with Crippen molar-refractivity contribution in [3.8, 4) is 51.6 Å². The van der Waals surface area contributed by atoms with Gasteiger partial charge >= 0.3 is 6.01 Å². The number of likely N-dealkylation sites (tertiary alicyclic amines) is 1. The molecular weight excluding hydrogens is 916 g/mol. The third-order valence-electron chi connectivity index (χ3n) is 15.1. The molecule has 2 unspecified atom stereocenters. The zero-order chi connectivity index (χ0) is 49.8. The molecule has 0 spiro atoms. The van der Waals surface area contributed by atoms with E-state index in [2.05, 4.69) is 64.6 Å². The number of nitrogens with one attached hydrogen (secondary N) is 2. The van der Waals surface area contributed by atoms with Gasteiger partial charge in [-0.15, -0.1) is 10.2 Å². The van der Waals surface area contributed by atoms with Crippen LogP contribution in [0.1, 0.15) is 67.7 Å². The fourth-order valence-corrected chi connectivity index (χ4v) is 11.3. The van der Waals surface area contributed by atoms with Gasteiger partial charge in [-0.2, -0.15) is 9.97 Å². The first kappa shape index (κ1) is 47.3. The summed E-state index contributed by atoms with van der Waals surface area (Å²) in [5.74, 6) is -0.108. The Morgan fingerprint density at radius 1 is 0.889 bits per heavy atom. The highest BCUT2D eigenvalue weighted by Crippen LogP contribution is 2.40. The van der Waals surface area contributed by atoms with Crippen LogP contribution < -0.4 is 20.3 Å². The summed E-state index contributed by atoms with van der Waals surface area (Å²) in [5.41, 5.74) is 3.55. The van der Waals surface area contributed by atoms with E-state index in [4.69, 9.17) is 14.7 Å². The molecule has 4 aromatic carbocycles. The summed E-state index contributed by atoms with van der Waals surface area (Å²) < 4.78 is 25.1. The molecule has 7 aromatic rings. The summed E-state index contributed by atoms with van der Waals surface area (Å²) >= 11 is 0. The molecule has 0 aliphatic carbocycles. The first-order valence-corrected chi connectivity index (χ1v) is 25.2. The van der Waals surface area contributed by atoms with E-state index >= 15 is 4.39 Å². The quantitative estimate of drug-likeness (QED) is 0.0848. The molecule has 0 radical (unpaired) electrons. The van der Waals surface area contributed by atoms with Crippen LogP contribution in [0.5, 0.6) is 23.3 Å². The number of halogens is 1. The van der Waals surface area contributed by atoms with Gasteiger partial charge < -0.3 is 35.6 Å². The van der Waals surface area contributed by atoms with Crippen molar-refractivity contribution in [2.75, 3.05) is 70.9 Å². The van der Waals surface area contributed by atoms with Crippen molar-refractivity contribution in [1.29, 1.82) is 0 Å². The highest BCUT2D eigenvalue weighted by molar-refractivity contribution is 6.00. The van der Waals surface area contributed by atoms with Crippen molar-refractivity contribution < 1.29 is 29.2 Å². The second-order valence-electron chi connectivity index (χ2n) is 20.2. The zero-order valence-electron chi connectivity index (χ0n) is 41.1. The molecule has 374 valence electrons. The monoisotopic (exact) mass is 976 g/mol. The molecule has 7 heterocycles. The van der Waals surface area contributed by atoms with Gasteiger partial charge in [-0.05, 0) is 91.4 Å². The number of phenols is 3. The predicted octanol–water partition coefficient (Wildman–Crippen LogP) is 6.43. The number of carbonyl (C=O) groups is 1. The van der Waals surface area contributed by atoms with Gasteiger partial charge in [0.05, 0.1) is 10.9 Å². The lowest BCUT2D eigenvalue weighted by atomic mass is 9.98. The first-order valence-electron chi connectivity index (χ1n) is 25.2. The Balaban J connectivity index is 0.760. The second kappa shape index (κ2) is 19.6. The fraction of sp³-hybridized carbons (Fsp3) is 0.407. The standard InChI is InChI=1S/C54H61FN12O5/c1-5-56-53(71)52-62-61-51(43-23-41(31(2)3)45(69)24-46(43)70)67(52)36-14-10-32(11-15-36)26-64-16-18-65(19-17-64)37-21-38(63(4)29-37)30-72-54-59-49-44(50(60-54)66-27-34-12-13-35(28-66)58-34)25-57-48(47(49)55)42-22-39(68)20-33-8-6-7-9-40(33)42/h6-11,14-15,20,22-25,31,34-35,37-38,58,68-70H,5,12-13,16-19,21,26-30H2,1-4H3,(H,56,71)/t34?,35?,37-,38-/m0/s1. The number of hydrogen-bond donors (Lipinski definition) is 5. The number of piperazine rings is 2. The number of aromatic hydroxyl groups is 3. The van der Waals surface area contributed by atoms with E-state index in [1.165, 1.54) is 6.07 Å². The molecule has 72 heavy (non-hydrogen) atoms. The normalized spacial score (nSPS) is 20.8. The summed E-state index contributed by atoms with van der Waals surface area (Å²) in [4.78, 5) is 37.2. The van der Waals surface area contributed by atoms with Crippen LogP contribution in [-0.2, 0) is 6.54 Å². The van der Waals surface area contributed by atoms with E-state index in [0.717, 1.165) is 88.0 Å². The topological polar surface area (TPSA) is 193 Å². The minimum Gasteiger partial charge on any atom is -0.508 e. The Labute approximate surface area is 417 Å². The maximum atomic E-state index is 17.0. The van der Waals surface area contributed by atoms with Crippen LogP contribution in [0.3, 0.4) is 0 Å². The Morgan fingerprint density at radius 2 is 1.65 bits per heavy atom. The van der Waals surface area contributed by atoms with Crippen LogP contribution in [0, 0.1) is 5.82 Å². The van der Waals surface area contributed by atoms with E-state index in [1.54, 1.807) is 29.0 Å². The molecular formula is C54H61FN12O5. The number of amides is 1. The van der Waals surface area contributed by atoms with Crippen molar-refractivity contribution >= 4 is 33.4 Å². The van der Waals surface area contributed by atoms with Crippen LogP contribution >= 0.6 is 0 Å². The zero-order valence-corrected chi connectivity index (χ0v) is 41.1. The third kappa shape index (κ3) is 9.12. The molecule has 18 heteroatoms. The lowest BCUT2D eigenvalue weighted by Gasteiger charge is -2.38. The van der Waals surface area contributed by atoms with Crippen LogP contribution in [0.2, 0.25) is 0 Å². The predicted molar refractivity (Wildman–Crippen MR) is 273 cm³/mol. The maximum absolute atomic E-state index is 17.0. The van der Waals surface area contributed by atoms with Crippen LogP contribution in [-0.4, -0.2) is 156 Å². The molecule has 4 aliphatic heterocycles. The largest absolute Gasteiger partial charge is 0.508 e. The van der Waals surface area contributed by atoms with Crippen molar-refractivity contribution in [2.24, 2.45) is 0 Å². The van der Waals surface area contributed by atoms with Crippen LogP contribution in [0.4, 0.5) is 10.2 Å². The average Bonchev–Trinajstić information content (AvgIpc) is 4.09. The molecule has 11 rings (SSSR count). The fourth-order valence-electron chi connectivity index (χ4n) is 11.3. The Hall–Kier alpha value is -6.99. The molecule has 4 aliphatic rings. The second-order valence-corrected chi connectivity index (χ2v) is 20.2.